The number of rotatable bonds is 7. The van der Waals surface area contributed by atoms with E-state index in [0.29, 0.717) is 12.8 Å². The number of benzene rings is 1. The first-order valence-corrected chi connectivity index (χ1v) is 10.1. The summed E-state index contributed by atoms with van der Waals surface area (Å²) in [5, 5.41) is 10.3. The van der Waals surface area contributed by atoms with E-state index in [9.17, 15) is 14.3 Å². The van der Waals surface area contributed by atoms with Crippen LogP contribution in [0.1, 0.15) is 73.8 Å². The molecule has 0 saturated heterocycles. The van der Waals surface area contributed by atoms with Gasteiger partial charge in [-0.05, 0) is 73.8 Å². The predicted molar refractivity (Wildman–Crippen MR) is 113 cm³/mol. The van der Waals surface area contributed by atoms with Crippen LogP contribution in [0.25, 0.3) is 0 Å². The van der Waals surface area contributed by atoms with E-state index in [-0.39, 0.29) is 0 Å². The minimum atomic E-state index is -1.48. The molecule has 0 bridgehead atoms. The first-order chi connectivity index (χ1) is 13.1. The van der Waals surface area contributed by atoms with Gasteiger partial charge in [0.15, 0.2) is 6.30 Å². The van der Waals surface area contributed by atoms with Gasteiger partial charge in [0.2, 0.25) is 0 Å². The number of aliphatic hydroxyl groups is 1. The zero-order valence-corrected chi connectivity index (χ0v) is 18.9. The van der Waals surface area contributed by atoms with Crippen LogP contribution in [0.15, 0.2) is 24.3 Å². The van der Waals surface area contributed by atoms with Crippen LogP contribution in [0, 0.1) is 0 Å². The van der Waals surface area contributed by atoms with E-state index < -0.39 is 34.7 Å². The Morgan fingerprint density at radius 1 is 1.21 bits per heavy atom. The molecule has 1 amide bonds. The predicted octanol–water partition coefficient (Wildman–Crippen LogP) is 4.04. The normalized spacial score (nSPS) is 17.4. The molecule has 1 aromatic rings. The summed E-state index contributed by atoms with van der Waals surface area (Å²) in [6.45, 7) is 13.7. The number of nitrogens with zero attached hydrogens (tertiary/aromatic N) is 1. The van der Waals surface area contributed by atoms with E-state index in [2.05, 4.69) is 0 Å². The van der Waals surface area contributed by atoms with Crippen molar-refractivity contribution < 1.29 is 23.7 Å². The molecule has 0 aliphatic heterocycles. The third kappa shape index (κ3) is 5.51. The van der Waals surface area contributed by atoms with Gasteiger partial charge in [0, 0.05) is 0 Å². The molecule has 29 heavy (non-hydrogen) atoms. The first kappa shape index (κ1) is 23.7. The van der Waals surface area contributed by atoms with Crippen molar-refractivity contribution in [1.82, 2.24) is 4.90 Å². The van der Waals surface area contributed by atoms with Gasteiger partial charge in [0.25, 0.3) is 0 Å². The van der Waals surface area contributed by atoms with E-state index in [1.54, 1.807) is 42.1 Å². The van der Waals surface area contributed by atoms with Crippen molar-refractivity contribution in [3.05, 3.63) is 29.8 Å². The highest BCUT2D eigenvalue weighted by Crippen LogP contribution is 2.52. The molecule has 1 unspecified atom stereocenters. The lowest BCUT2D eigenvalue weighted by molar-refractivity contribution is -0.0893. The van der Waals surface area contributed by atoms with Crippen LogP contribution >= 0.6 is 0 Å². The Balaban J connectivity index is 2.25. The highest BCUT2D eigenvalue weighted by atomic mass is 19.1. The molecular weight excluding hydrogens is 372 g/mol. The van der Waals surface area contributed by atoms with Gasteiger partial charge in [-0.1, -0.05) is 29.7 Å². The lowest BCUT2D eigenvalue weighted by Crippen LogP contribution is -2.49. The zero-order valence-electron chi connectivity index (χ0n) is 18.9. The Hall–Kier alpha value is -1.60. The third-order valence-corrected chi connectivity index (χ3v) is 5.52. The lowest BCUT2D eigenvalue weighted by Gasteiger charge is -2.37. The zero-order chi connectivity index (χ0) is 22.3. The third-order valence-electron chi connectivity index (χ3n) is 5.52. The first-order valence-electron chi connectivity index (χ1n) is 10.1. The van der Waals surface area contributed by atoms with Gasteiger partial charge in [-0.25, -0.2) is 9.18 Å². The Bertz CT molecular complexity index is 733. The van der Waals surface area contributed by atoms with Gasteiger partial charge in [-0.3, -0.25) is 4.90 Å². The standard InChI is InChI=1S/C22H34BFNO4/c1-15(24)25(18(26)28-19(2,3)4)22(12-13-22)16-10-9-11-17(14-16)23-29-21(7,8)20(5,6)27/h9-11,14-15,27H,12-13H2,1-8H3. The van der Waals surface area contributed by atoms with E-state index in [1.165, 1.54) is 11.8 Å². The number of alkyl halides is 1. The summed E-state index contributed by atoms with van der Waals surface area (Å²) in [4.78, 5) is 13.9. The number of hydrogen-bond acceptors (Lipinski definition) is 4. The van der Waals surface area contributed by atoms with Crippen LogP contribution in [-0.2, 0) is 14.9 Å². The Labute approximate surface area is 174 Å². The van der Waals surface area contributed by atoms with E-state index in [1.807, 2.05) is 38.1 Å². The molecule has 1 fully saturated rings. The number of hydrogen-bond donors (Lipinski definition) is 1. The molecule has 1 aliphatic carbocycles. The van der Waals surface area contributed by atoms with Crippen LogP contribution in [0.5, 0.6) is 0 Å². The minimum Gasteiger partial charge on any atom is -0.444 e. The van der Waals surface area contributed by atoms with Crippen molar-refractivity contribution in [3.63, 3.8) is 0 Å². The molecule has 5 nitrogen and oxygen atoms in total. The molecule has 0 spiro atoms. The summed E-state index contributed by atoms with van der Waals surface area (Å²) in [5.41, 5.74) is -1.63. The SMILES string of the molecule is CC(F)N(C(=O)OC(C)(C)C)C1(c2cccc([B]OC(C)(C)C(C)(C)O)c2)CC1. The smallest absolute Gasteiger partial charge is 0.413 e. The van der Waals surface area contributed by atoms with Crippen molar-refractivity contribution in [2.75, 3.05) is 0 Å². The topological polar surface area (TPSA) is 59.0 Å². The second kappa shape index (κ2) is 7.91. The number of amides is 1. The Morgan fingerprint density at radius 3 is 2.24 bits per heavy atom. The minimum absolute atomic E-state index is 0.654. The average molecular weight is 406 g/mol. The molecule has 1 N–H and O–H groups in total. The van der Waals surface area contributed by atoms with Crippen LogP contribution in [0.4, 0.5) is 9.18 Å². The fourth-order valence-corrected chi connectivity index (χ4v) is 3.02. The van der Waals surface area contributed by atoms with Gasteiger partial charge in [-0.2, -0.15) is 0 Å². The molecule has 161 valence electrons. The quantitative estimate of drug-likeness (QED) is 0.549. The average Bonchev–Trinajstić information content (AvgIpc) is 3.31. The van der Waals surface area contributed by atoms with E-state index in [4.69, 9.17) is 9.39 Å². The summed E-state index contributed by atoms with van der Waals surface area (Å²) < 4.78 is 25.8. The van der Waals surface area contributed by atoms with Crippen LogP contribution in [0.2, 0.25) is 0 Å². The van der Waals surface area contributed by atoms with Crippen LogP contribution in [-0.4, -0.2) is 46.7 Å². The second-order valence-electron chi connectivity index (χ2n) is 9.89. The summed E-state index contributed by atoms with van der Waals surface area (Å²) in [5.74, 6) is 0. The largest absolute Gasteiger partial charge is 0.444 e. The Kier molecular flexibility index (Phi) is 6.46. The summed E-state index contributed by atoms with van der Waals surface area (Å²) in [6.07, 6.45) is -0.802. The van der Waals surface area contributed by atoms with Crippen molar-refractivity contribution in [1.29, 1.82) is 0 Å². The molecule has 1 radical (unpaired) electrons. The highest BCUT2D eigenvalue weighted by molar-refractivity contribution is 6.47. The summed E-state index contributed by atoms with van der Waals surface area (Å²) >= 11 is 0. The van der Waals surface area contributed by atoms with Gasteiger partial charge in [0.1, 0.15) is 5.60 Å². The molecule has 0 aromatic heterocycles. The van der Waals surface area contributed by atoms with Crippen molar-refractivity contribution in [3.8, 4) is 0 Å². The van der Waals surface area contributed by atoms with Gasteiger partial charge in [0.05, 0.1) is 16.7 Å². The molecule has 1 aliphatic rings. The maximum absolute atomic E-state index is 14.5. The molecule has 1 atom stereocenters. The Morgan fingerprint density at radius 2 is 1.79 bits per heavy atom. The molecule has 1 aromatic carbocycles. The summed E-state index contributed by atoms with van der Waals surface area (Å²) in [6, 6.07) is 7.52. The molecule has 7 heteroatoms. The number of carbonyl (C=O) groups excluding carboxylic acids is 1. The van der Waals surface area contributed by atoms with Crippen molar-refractivity contribution >= 4 is 19.0 Å². The second-order valence-corrected chi connectivity index (χ2v) is 9.89. The van der Waals surface area contributed by atoms with Crippen molar-refractivity contribution in [2.45, 2.75) is 96.9 Å². The van der Waals surface area contributed by atoms with E-state index >= 15 is 0 Å². The van der Waals surface area contributed by atoms with Crippen LogP contribution in [0.3, 0.4) is 0 Å². The highest BCUT2D eigenvalue weighted by Gasteiger charge is 2.54. The van der Waals surface area contributed by atoms with Gasteiger partial charge >= 0.3 is 13.6 Å². The number of carbonyl (C=O) groups is 1. The fraction of sp³-hybridized carbons (Fsp3) is 0.682. The lowest BCUT2D eigenvalue weighted by atomic mass is 9.81. The maximum atomic E-state index is 14.5. The van der Waals surface area contributed by atoms with Crippen LogP contribution < -0.4 is 5.46 Å². The van der Waals surface area contributed by atoms with E-state index in [0.717, 1.165) is 11.0 Å². The van der Waals surface area contributed by atoms with Gasteiger partial charge in [-0.15, -0.1) is 0 Å². The number of halogens is 1. The molecule has 0 heterocycles. The number of ether oxygens (including phenoxy) is 1. The maximum Gasteiger partial charge on any atom is 0.413 e. The molecule has 2 rings (SSSR count). The fourth-order valence-electron chi connectivity index (χ4n) is 3.02. The monoisotopic (exact) mass is 406 g/mol. The summed E-state index contributed by atoms with van der Waals surface area (Å²) in [7, 11) is 1.59. The molecular formula is C22H34BFNO4. The van der Waals surface area contributed by atoms with Gasteiger partial charge < -0.3 is 14.5 Å². The molecule has 1 saturated carbocycles. The van der Waals surface area contributed by atoms with Crippen molar-refractivity contribution in [2.24, 2.45) is 0 Å².